The maximum atomic E-state index is 5.85. The van der Waals surface area contributed by atoms with Crippen molar-refractivity contribution in [1.82, 2.24) is 5.32 Å². The quantitative estimate of drug-likeness (QED) is 0.660. The first-order valence-corrected chi connectivity index (χ1v) is 5.68. The van der Waals surface area contributed by atoms with Crippen LogP contribution in [-0.4, -0.2) is 19.1 Å². The first-order valence-electron chi connectivity index (χ1n) is 5.68. The maximum absolute atomic E-state index is 5.85. The van der Waals surface area contributed by atoms with Crippen LogP contribution in [0.15, 0.2) is 24.3 Å². The van der Waals surface area contributed by atoms with Gasteiger partial charge in [-0.1, -0.05) is 18.6 Å². The summed E-state index contributed by atoms with van der Waals surface area (Å²) < 4.78 is 0. The lowest BCUT2D eigenvalue weighted by atomic mass is 10.1. The highest BCUT2D eigenvalue weighted by Crippen LogP contribution is 2.17. The number of nitrogen functional groups attached to an aromatic ring is 1. The van der Waals surface area contributed by atoms with Gasteiger partial charge in [-0.3, -0.25) is 0 Å². The lowest BCUT2D eigenvalue weighted by Crippen LogP contribution is -2.39. The highest BCUT2D eigenvalue weighted by Gasteiger charge is 2.11. The molecular weight excluding hydrogens is 186 g/mol. The monoisotopic (exact) mass is 205 g/mol. The van der Waals surface area contributed by atoms with Crippen LogP contribution in [0.2, 0.25) is 0 Å². The van der Waals surface area contributed by atoms with E-state index in [0.717, 1.165) is 24.5 Å². The number of hydrogen-bond acceptors (Lipinski definition) is 3. The molecule has 0 amide bonds. The molecule has 1 heterocycles. The zero-order chi connectivity index (χ0) is 10.5. The van der Waals surface area contributed by atoms with Crippen molar-refractivity contribution >= 4 is 11.4 Å². The molecule has 0 aromatic heterocycles. The molecule has 3 nitrogen and oxygen atoms in total. The van der Waals surface area contributed by atoms with Crippen LogP contribution in [0.1, 0.15) is 19.3 Å². The third-order valence-corrected chi connectivity index (χ3v) is 2.91. The number of benzene rings is 1. The minimum Gasteiger partial charge on any atom is -0.397 e. The molecule has 1 atom stereocenters. The van der Waals surface area contributed by atoms with Crippen molar-refractivity contribution in [3.8, 4) is 0 Å². The van der Waals surface area contributed by atoms with Gasteiger partial charge < -0.3 is 16.4 Å². The molecule has 1 aromatic rings. The molecule has 2 rings (SSSR count). The molecule has 0 aliphatic carbocycles. The number of rotatable bonds is 3. The van der Waals surface area contributed by atoms with Crippen molar-refractivity contribution in [2.75, 3.05) is 24.1 Å². The topological polar surface area (TPSA) is 50.1 Å². The van der Waals surface area contributed by atoms with Gasteiger partial charge in [0.2, 0.25) is 0 Å². The SMILES string of the molecule is Nc1ccccc1NCC1CCCCN1. The molecule has 4 N–H and O–H groups in total. The highest BCUT2D eigenvalue weighted by molar-refractivity contribution is 5.65. The van der Waals surface area contributed by atoms with Gasteiger partial charge in [-0.15, -0.1) is 0 Å². The smallest absolute Gasteiger partial charge is 0.0574 e. The van der Waals surface area contributed by atoms with Crippen molar-refractivity contribution in [1.29, 1.82) is 0 Å². The Labute approximate surface area is 91.1 Å². The number of para-hydroxylation sites is 2. The second-order valence-corrected chi connectivity index (χ2v) is 4.11. The van der Waals surface area contributed by atoms with Gasteiger partial charge >= 0.3 is 0 Å². The second-order valence-electron chi connectivity index (χ2n) is 4.11. The maximum Gasteiger partial charge on any atom is 0.0574 e. The number of anilines is 2. The predicted molar refractivity (Wildman–Crippen MR) is 65.0 cm³/mol. The fourth-order valence-corrected chi connectivity index (χ4v) is 1.99. The van der Waals surface area contributed by atoms with Gasteiger partial charge in [0.25, 0.3) is 0 Å². The van der Waals surface area contributed by atoms with Gasteiger partial charge in [0, 0.05) is 12.6 Å². The van der Waals surface area contributed by atoms with Crippen molar-refractivity contribution in [2.24, 2.45) is 0 Å². The van der Waals surface area contributed by atoms with Crippen LogP contribution in [0.4, 0.5) is 11.4 Å². The van der Waals surface area contributed by atoms with Gasteiger partial charge in [-0.25, -0.2) is 0 Å². The molecule has 1 fully saturated rings. The Bertz CT molecular complexity index is 305. The summed E-state index contributed by atoms with van der Waals surface area (Å²) in [5.41, 5.74) is 7.73. The number of hydrogen-bond donors (Lipinski definition) is 3. The van der Waals surface area contributed by atoms with E-state index < -0.39 is 0 Å². The molecule has 0 bridgehead atoms. The van der Waals surface area contributed by atoms with Gasteiger partial charge in [0.15, 0.2) is 0 Å². The molecule has 1 aliphatic rings. The van der Waals surface area contributed by atoms with E-state index in [2.05, 4.69) is 10.6 Å². The number of piperidine rings is 1. The second kappa shape index (κ2) is 5.03. The van der Waals surface area contributed by atoms with E-state index in [1.165, 1.54) is 19.3 Å². The molecule has 1 saturated heterocycles. The van der Waals surface area contributed by atoms with Crippen LogP contribution < -0.4 is 16.4 Å². The van der Waals surface area contributed by atoms with Gasteiger partial charge in [0.1, 0.15) is 0 Å². The summed E-state index contributed by atoms with van der Waals surface area (Å²) >= 11 is 0. The highest BCUT2D eigenvalue weighted by atomic mass is 15.0. The fraction of sp³-hybridized carbons (Fsp3) is 0.500. The molecule has 0 saturated carbocycles. The molecule has 15 heavy (non-hydrogen) atoms. The van der Waals surface area contributed by atoms with E-state index in [9.17, 15) is 0 Å². The summed E-state index contributed by atoms with van der Waals surface area (Å²) in [5, 5.41) is 6.90. The molecule has 82 valence electrons. The zero-order valence-electron chi connectivity index (χ0n) is 9.00. The number of nitrogens with one attached hydrogen (secondary N) is 2. The van der Waals surface area contributed by atoms with Crippen LogP contribution >= 0.6 is 0 Å². The first-order chi connectivity index (χ1) is 7.36. The van der Waals surface area contributed by atoms with Crippen LogP contribution in [0.5, 0.6) is 0 Å². The summed E-state index contributed by atoms with van der Waals surface area (Å²) in [5.74, 6) is 0. The predicted octanol–water partition coefficient (Wildman–Crippen LogP) is 1.82. The lowest BCUT2D eigenvalue weighted by molar-refractivity contribution is 0.414. The van der Waals surface area contributed by atoms with Gasteiger partial charge in [-0.2, -0.15) is 0 Å². The molecule has 0 spiro atoms. The average molecular weight is 205 g/mol. The zero-order valence-corrected chi connectivity index (χ0v) is 9.00. The van der Waals surface area contributed by atoms with E-state index >= 15 is 0 Å². The van der Waals surface area contributed by atoms with Crippen molar-refractivity contribution < 1.29 is 0 Å². The third kappa shape index (κ3) is 2.86. The third-order valence-electron chi connectivity index (χ3n) is 2.91. The Kier molecular flexibility index (Phi) is 3.45. The minimum absolute atomic E-state index is 0.596. The molecule has 1 unspecified atom stereocenters. The van der Waals surface area contributed by atoms with Crippen molar-refractivity contribution in [3.05, 3.63) is 24.3 Å². The Morgan fingerprint density at radius 1 is 1.33 bits per heavy atom. The van der Waals surface area contributed by atoms with Crippen LogP contribution in [-0.2, 0) is 0 Å². The normalized spacial score (nSPS) is 21.2. The van der Waals surface area contributed by atoms with Crippen LogP contribution in [0.25, 0.3) is 0 Å². The summed E-state index contributed by atoms with van der Waals surface area (Å²) in [6, 6.07) is 8.51. The molecule has 1 aliphatic heterocycles. The number of nitrogens with two attached hydrogens (primary N) is 1. The fourth-order valence-electron chi connectivity index (χ4n) is 1.99. The summed E-state index contributed by atoms with van der Waals surface area (Å²) in [4.78, 5) is 0. The van der Waals surface area contributed by atoms with Gasteiger partial charge in [0.05, 0.1) is 11.4 Å². The van der Waals surface area contributed by atoms with E-state index in [-0.39, 0.29) is 0 Å². The summed E-state index contributed by atoms with van der Waals surface area (Å²) in [7, 11) is 0. The standard InChI is InChI=1S/C12H19N3/c13-11-6-1-2-7-12(11)15-9-10-5-3-4-8-14-10/h1-2,6-7,10,14-15H,3-5,8-9,13H2. The van der Waals surface area contributed by atoms with E-state index in [1.807, 2.05) is 24.3 Å². The molecular formula is C12H19N3. The molecule has 3 heteroatoms. The van der Waals surface area contributed by atoms with E-state index in [4.69, 9.17) is 5.73 Å². The Hall–Kier alpha value is -1.22. The lowest BCUT2D eigenvalue weighted by Gasteiger charge is -2.24. The molecule has 1 aromatic carbocycles. The van der Waals surface area contributed by atoms with Gasteiger partial charge in [-0.05, 0) is 31.5 Å². The van der Waals surface area contributed by atoms with Crippen LogP contribution in [0, 0.1) is 0 Å². The first kappa shape index (κ1) is 10.3. The van der Waals surface area contributed by atoms with E-state index in [0.29, 0.717) is 6.04 Å². The Morgan fingerprint density at radius 2 is 2.20 bits per heavy atom. The van der Waals surface area contributed by atoms with Crippen molar-refractivity contribution in [3.63, 3.8) is 0 Å². The average Bonchev–Trinajstić information content (AvgIpc) is 2.29. The Morgan fingerprint density at radius 3 is 2.93 bits per heavy atom. The van der Waals surface area contributed by atoms with Crippen LogP contribution in [0.3, 0.4) is 0 Å². The summed E-state index contributed by atoms with van der Waals surface area (Å²) in [6.07, 6.45) is 3.91. The Balaban J connectivity index is 1.84. The largest absolute Gasteiger partial charge is 0.397 e. The summed E-state index contributed by atoms with van der Waals surface area (Å²) in [6.45, 7) is 2.12. The molecule has 0 radical (unpaired) electrons. The van der Waals surface area contributed by atoms with Crippen molar-refractivity contribution in [2.45, 2.75) is 25.3 Å². The minimum atomic E-state index is 0.596. The van der Waals surface area contributed by atoms with E-state index in [1.54, 1.807) is 0 Å².